The standard InChI is InChI=1S/C18H21NO3/c1-10(2)11-5-7-14(8-6-11)19-17(20)15-12-3-4-13(9-12)16(15)18(21)22/h3-8,10,12-13,15-16H,9H2,1-2H3,(H,19,20)(H,21,22)/t12-,13+,15-,16+/m1/s1. The Bertz CT molecular complexity index is 618. The number of hydrogen-bond donors (Lipinski definition) is 2. The lowest BCUT2D eigenvalue weighted by Crippen LogP contribution is -2.36. The van der Waals surface area contributed by atoms with Gasteiger partial charge in [-0.3, -0.25) is 9.59 Å². The molecule has 2 bridgehead atoms. The fourth-order valence-corrected chi connectivity index (χ4v) is 3.69. The van der Waals surface area contributed by atoms with Crippen molar-refractivity contribution in [2.24, 2.45) is 23.7 Å². The number of hydrogen-bond acceptors (Lipinski definition) is 2. The van der Waals surface area contributed by atoms with E-state index in [1.54, 1.807) is 0 Å². The van der Waals surface area contributed by atoms with Crippen molar-refractivity contribution in [3.8, 4) is 0 Å². The van der Waals surface area contributed by atoms with Crippen molar-refractivity contribution < 1.29 is 14.7 Å². The quantitative estimate of drug-likeness (QED) is 0.839. The first kappa shape index (κ1) is 14.8. The third kappa shape index (κ3) is 2.54. The maximum atomic E-state index is 12.5. The average molecular weight is 299 g/mol. The first-order valence-corrected chi connectivity index (χ1v) is 7.79. The zero-order valence-electron chi connectivity index (χ0n) is 12.8. The molecule has 2 aliphatic carbocycles. The summed E-state index contributed by atoms with van der Waals surface area (Å²) in [4.78, 5) is 24.0. The first-order chi connectivity index (χ1) is 10.5. The third-order valence-corrected chi connectivity index (χ3v) is 4.89. The van der Waals surface area contributed by atoms with Crippen LogP contribution in [0, 0.1) is 23.7 Å². The smallest absolute Gasteiger partial charge is 0.307 e. The lowest BCUT2D eigenvalue weighted by atomic mass is 9.82. The maximum absolute atomic E-state index is 12.5. The summed E-state index contributed by atoms with van der Waals surface area (Å²) in [5.74, 6) is -1.60. The van der Waals surface area contributed by atoms with Gasteiger partial charge in [0.25, 0.3) is 0 Å². The SMILES string of the molecule is CC(C)c1ccc(NC(=O)[C@H]2[C@@H](C(=O)O)[C@H]3C=C[C@@H]2C3)cc1. The van der Waals surface area contributed by atoms with E-state index >= 15 is 0 Å². The Hall–Kier alpha value is -2.10. The van der Waals surface area contributed by atoms with E-state index in [1.165, 1.54) is 5.56 Å². The summed E-state index contributed by atoms with van der Waals surface area (Å²) in [5.41, 5.74) is 1.94. The Morgan fingerprint density at radius 3 is 2.23 bits per heavy atom. The van der Waals surface area contributed by atoms with E-state index in [2.05, 4.69) is 19.2 Å². The number of carboxylic acid groups (broad SMARTS) is 1. The molecule has 0 spiro atoms. The Morgan fingerprint density at radius 1 is 1.09 bits per heavy atom. The van der Waals surface area contributed by atoms with Gasteiger partial charge < -0.3 is 10.4 Å². The van der Waals surface area contributed by atoms with E-state index in [0.717, 1.165) is 12.1 Å². The number of amides is 1. The van der Waals surface area contributed by atoms with Crippen molar-refractivity contribution in [1.82, 2.24) is 0 Å². The molecule has 0 aromatic heterocycles. The summed E-state index contributed by atoms with van der Waals surface area (Å²) >= 11 is 0. The van der Waals surface area contributed by atoms with Crippen molar-refractivity contribution in [2.45, 2.75) is 26.2 Å². The molecule has 2 aliphatic rings. The highest BCUT2D eigenvalue weighted by molar-refractivity contribution is 5.96. The number of carboxylic acids is 1. The van der Waals surface area contributed by atoms with Gasteiger partial charge in [0.2, 0.25) is 5.91 Å². The molecular weight excluding hydrogens is 278 g/mol. The molecule has 116 valence electrons. The molecule has 4 atom stereocenters. The van der Waals surface area contributed by atoms with Gasteiger partial charge in [-0.25, -0.2) is 0 Å². The van der Waals surface area contributed by atoms with Gasteiger partial charge >= 0.3 is 5.97 Å². The van der Waals surface area contributed by atoms with Gasteiger partial charge in [-0.2, -0.15) is 0 Å². The van der Waals surface area contributed by atoms with Crippen molar-refractivity contribution >= 4 is 17.6 Å². The first-order valence-electron chi connectivity index (χ1n) is 7.79. The minimum absolute atomic E-state index is 0.00145. The Kier molecular flexibility index (Phi) is 3.77. The molecule has 1 fully saturated rings. The van der Waals surface area contributed by atoms with E-state index in [4.69, 9.17) is 0 Å². The van der Waals surface area contributed by atoms with E-state index in [-0.39, 0.29) is 17.7 Å². The number of nitrogens with one attached hydrogen (secondary N) is 1. The molecule has 3 rings (SSSR count). The van der Waals surface area contributed by atoms with Gasteiger partial charge in [0.1, 0.15) is 0 Å². The van der Waals surface area contributed by atoms with Crippen molar-refractivity contribution in [3.63, 3.8) is 0 Å². The number of aliphatic carboxylic acids is 1. The highest BCUT2D eigenvalue weighted by atomic mass is 16.4. The Labute approximate surface area is 130 Å². The van der Waals surface area contributed by atoms with Crippen LogP contribution in [0.25, 0.3) is 0 Å². The number of benzene rings is 1. The van der Waals surface area contributed by atoms with Crippen molar-refractivity contribution in [3.05, 3.63) is 42.0 Å². The van der Waals surface area contributed by atoms with Crippen LogP contribution < -0.4 is 5.32 Å². The van der Waals surface area contributed by atoms with Crippen molar-refractivity contribution in [1.29, 1.82) is 0 Å². The molecule has 4 heteroatoms. The van der Waals surface area contributed by atoms with Crippen LogP contribution in [0.3, 0.4) is 0 Å². The lowest BCUT2D eigenvalue weighted by molar-refractivity contribution is -0.146. The molecule has 1 aromatic rings. The van der Waals surface area contributed by atoms with Gasteiger partial charge in [-0.1, -0.05) is 38.1 Å². The molecule has 4 nitrogen and oxygen atoms in total. The number of anilines is 1. The molecular formula is C18H21NO3. The summed E-state index contributed by atoms with van der Waals surface area (Å²) in [6, 6.07) is 7.75. The molecule has 1 amide bonds. The lowest BCUT2D eigenvalue weighted by Gasteiger charge is -2.23. The van der Waals surface area contributed by atoms with E-state index in [1.807, 2.05) is 36.4 Å². The Morgan fingerprint density at radius 2 is 1.68 bits per heavy atom. The van der Waals surface area contributed by atoms with Crippen LogP contribution in [0.5, 0.6) is 0 Å². The molecule has 0 aliphatic heterocycles. The molecule has 0 radical (unpaired) electrons. The summed E-state index contributed by atoms with van der Waals surface area (Å²) < 4.78 is 0. The minimum atomic E-state index is -0.868. The molecule has 1 saturated carbocycles. The minimum Gasteiger partial charge on any atom is -0.481 e. The third-order valence-electron chi connectivity index (χ3n) is 4.89. The van der Waals surface area contributed by atoms with Crippen LogP contribution in [0.15, 0.2) is 36.4 Å². The number of carbonyl (C=O) groups is 2. The monoisotopic (exact) mass is 299 g/mol. The number of allylic oxidation sites excluding steroid dienone is 2. The maximum Gasteiger partial charge on any atom is 0.307 e. The van der Waals surface area contributed by atoms with Gasteiger partial charge in [0.05, 0.1) is 11.8 Å². The van der Waals surface area contributed by atoms with Crippen LogP contribution in [-0.4, -0.2) is 17.0 Å². The molecule has 22 heavy (non-hydrogen) atoms. The average Bonchev–Trinajstić information content (AvgIpc) is 3.08. The summed E-state index contributed by atoms with van der Waals surface area (Å²) in [6.45, 7) is 4.24. The van der Waals surface area contributed by atoms with Gasteiger partial charge in [-0.05, 0) is 41.9 Å². The topological polar surface area (TPSA) is 66.4 Å². The predicted octanol–water partition coefficient (Wildman–Crippen LogP) is 3.27. The second-order valence-electron chi connectivity index (χ2n) is 6.60. The largest absolute Gasteiger partial charge is 0.481 e. The fourth-order valence-electron chi connectivity index (χ4n) is 3.69. The molecule has 0 heterocycles. The van der Waals surface area contributed by atoms with Crippen LogP contribution >= 0.6 is 0 Å². The van der Waals surface area contributed by atoms with Gasteiger partial charge in [0.15, 0.2) is 0 Å². The van der Waals surface area contributed by atoms with Crippen LogP contribution in [0.2, 0.25) is 0 Å². The Balaban J connectivity index is 1.74. The van der Waals surface area contributed by atoms with E-state index in [9.17, 15) is 14.7 Å². The van der Waals surface area contributed by atoms with Crippen LogP contribution in [0.1, 0.15) is 31.7 Å². The zero-order valence-corrected chi connectivity index (χ0v) is 12.8. The molecule has 1 aromatic carbocycles. The number of fused-ring (bicyclic) bond motifs is 2. The highest BCUT2D eigenvalue weighted by Crippen LogP contribution is 2.48. The fraction of sp³-hybridized carbons (Fsp3) is 0.444. The summed E-state index contributed by atoms with van der Waals surface area (Å²) in [6.07, 6.45) is 4.72. The normalized spacial score (nSPS) is 29.0. The molecule has 2 N–H and O–H groups in total. The second kappa shape index (κ2) is 5.59. The van der Waals surface area contributed by atoms with E-state index in [0.29, 0.717) is 5.92 Å². The molecule has 0 unspecified atom stereocenters. The van der Waals surface area contributed by atoms with Crippen LogP contribution in [0.4, 0.5) is 5.69 Å². The zero-order chi connectivity index (χ0) is 15.9. The van der Waals surface area contributed by atoms with Gasteiger partial charge in [-0.15, -0.1) is 0 Å². The predicted molar refractivity (Wildman–Crippen MR) is 84.5 cm³/mol. The van der Waals surface area contributed by atoms with Crippen LogP contribution in [-0.2, 0) is 9.59 Å². The second-order valence-corrected chi connectivity index (χ2v) is 6.60. The number of rotatable bonds is 4. The van der Waals surface area contributed by atoms with Gasteiger partial charge in [0, 0.05) is 5.69 Å². The number of carbonyl (C=O) groups excluding carboxylic acids is 1. The summed E-state index contributed by atoms with van der Waals surface area (Å²) in [7, 11) is 0. The van der Waals surface area contributed by atoms with E-state index < -0.39 is 17.8 Å². The summed E-state index contributed by atoms with van der Waals surface area (Å²) in [5, 5.41) is 12.3. The van der Waals surface area contributed by atoms with Crippen molar-refractivity contribution in [2.75, 3.05) is 5.32 Å². The molecule has 0 saturated heterocycles. The highest BCUT2D eigenvalue weighted by Gasteiger charge is 2.51.